The first-order chi connectivity index (χ1) is 8.47. The lowest BCUT2D eigenvalue weighted by molar-refractivity contribution is 0.135. The molecular weight excluding hydrogens is 230 g/mol. The minimum absolute atomic E-state index is 0.290. The molecule has 2 atom stereocenters. The normalized spacial score (nSPS) is 14.4. The van der Waals surface area contributed by atoms with Crippen LogP contribution in [0.4, 0.5) is 0 Å². The van der Waals surface area contributed by atoms with Gasteiger partial charge in [0.05, 0.1) is 20.3 Å². The van der Waals surface area contributed by atoms with E-state index in [-0.39, 0.29) is 6.04 Å². The van der Waals surface area contributed by atoms with Crippen molar-refractivity contribution in [2.45, 2.75) is 32.4 Å². The van der Waals surface area contributed by atoms with E-state index in [1.54, 1.807) is 32.4 Å². The third-order valence-corrected chi connectivity index (χ3v) is 2.86. The molecule has 0 radical (unpaired) electrons. The van der Waals surface area contributed by atoms with Gasteiger partial charge in [0, 0.05) is 12.1 Å². The van der Waals surface area contributed by atoms with Gasteiger partial charge in [-0.25, -0.2) is 0 Å². The number of hydrogen-bond donors (Lipinski definition) is 2. The van der Waals surface area contributed by atoms with Crippen molar-refractivity contribution in [1.82, 2.24) is 0 Å². The summed E-state index contributed by atoms with van der Waals surface area (Å²) >= 11 is 0. The third kappa shape index (κ3) is 3.89. The number of rotatable bonds is 6. The molecule has 0 aliphatic heterocycles. The van der Waals surface area contributed by atoms with Crippen molar-refractivity contribution >= 4 is 0 Å². The molecule has 0 aromatic heterocycles. The summed E-state index contributed by atoms with van der Waals surface area (Å²) in [7, 11) is 3.16. The lowest BCUT2D eigenvalue weighted by Gasteiger charge is -2.21. The second-order valence-electron chi connectivity index (χ2n) is 4.88. The summed E-state index contributed by atoms with van der Waals surface area (Å²) in [4.78, 5) is 0. The summed E-state index contributed by atoms with van der Waals surface area (Å²) in [5.74, 6) is 1.75. The number of aliphatic hydroxyl groups excluding tert-OH is 1. The Morgan fingerprint density at radius 2 is 1.61 bits per heavy atom. The first-order valence-corrected chi connectivity index (χ1v) is 6.14. The standard InChI is InChI=1S/C14H23NO3/c1-9(2)5-13(15)14(16)10-6-11(17-3)8-12(7-10)18-4/h6-9,13-14,16H,5,15H2,1-4H3. The molecule has 102 valence electrons. The summed E-state index contributed by atoms with van der Waals surface area (Å²) in [6, 6.07) is 5.05. The Labute approximate surface area is 109 Å². The second-order valence-corrected chi connectivity index (χ2v) is 4.88. The van der Waals surface area contributed by atoms with Crippen molar-refractivity contribution in [3.8, 4) is 11.5 Å². The first kappa shape index (κ1) is 14.8. The molecule has 0 fully saturated rings. The minimum Gasteiger partial charge on any atom is -0.497 e. The molecule has 0 aliphatic carbocycles. The van der Waals surface area contributed by atoms with Gasteiger partial charge in [-0.15, -0.1) is 0 Å². The van der Waals surface area contributed by atoms with Crippen LogP contribution in [0.5, 0.6) is 11.5 Å². The quantitative estimate of drug-likeness (QED) is 0.815. The van der Waals surface area contributed by atoms with E-state index in [9.17, 15) is 5.11 Å². The number of hydrogen-bond acceptors (Lipinski definition) is 4. The van der Waals surface area contributed by atoms with E-state index >= 15 is 0 Å². The summed E-state index contributed by atoms with van der Waals surface area (Å²) < 4.78 is 10.4. The van der Waals surface area contributed by atoms with Crippen LogP contribution < -0.4 is 15.2 Å². The van der Waals surface area contributed by atoms with Crippen molar-refractivity contribution in [1.29, 1.82) is 0 Å². The zero-order chi connectivity index (χ0) is 13.7. The topological polar surface area (TPSA) is 64.7 Å². The van der Waals surface area contributed by atoms with Crippen LogP contribution in [0.15, 0.2) is 18.2 Å². The number of ether oxygens (including phenoxy) is 2. The van der Waals surface area contributed by atoms with Crippen LogP contribution in [0.2, 0.25) is 0 Å². The molecule has 0 saturated heterocycles. The van der Waals surface area contributed by atoms with Gasteiger partial charge in [-0.1, -0.05) is 13.8 Å². The molecule has 0 aliphatic rings. The van der Waals surface area contributed by atoms with Crippen LogP contribution in [0, 0.1) is 5.92 Å². The highest BCUT2D eigenvalue weighted by Gasteiger charge is 2.19. The van der Waals surface area contributed by atoms with E-state index in [0.717, 1.165) is 12.0 Å². The molecule has 0 bridgehead atoms. The highest BCUT2D eigenvalue weighted by Crippen LogP contribution is 2.28. The van der Waals surface area contributed by atoms with Crippen molar-refractivity contribution in [2.75, 3.05) is 14.2 Å². The summed E-state index contributed by atoms with van der Waals surface area (Å²) in [5, 5.41) is 10.2. The van der Waals surface area contributed by atoms with E-state index in [4.69, 9.17) is 15.2 Å². The monoisotopic (exact) mass is 253 g/mol. The van der Waals surface area contributed by atoms with E-state index in [1.165, 1.54) is 0 Å². The van der Waals surface area contributed by atoms with Crippen LogP contribution in [0.25, 0.3) is 0 Å². The maximum absolute atomic E-state index is 10.2. The van der Waals surface area contributed by atoms with Crippen molar-refractivity contribution in [3.63, 3.8) is 0 Å². The average molecular weight is 253 g/mol. The Kier molecular flexibility index (Phi) is 5.44. The van der Waals surface area contributed by atoms with Crippen molar-refractivity contribution in [3.05, 3.63) is 23.8 Å². The molecule has 4 heteroatoms. The molecule has 1 rings (SSSR count). The van der Waals surface area contributed by atoms with E-state index in [0.29, 0.717) is 17.4 Å². The highest BCUT2D eigenvalue weighted by atomic mass is 16.5. The Balaban J connectivity index is 2.93. The van der Waals surface area contributed by atoms with Gasteiger partial charge in [-0.2, -0.15) is 0 Å². The molecule has 0 spiro atoms. The fourth-order valence-electron chi connectivity index (χ4n) is 1.92. The number of nitrogens with two attached hydrogens (primary N) is 1. The first-order valence-electron chi connectivity index (χ1n) is 6.14. The molecule has 3 N–H and O–H groups in total. The summed E-state index contributed by atoms with van der Waals surface area (Å²) in [6.07, 6.45) is 0.0529. The lowest BCUT2D eigenvalue weighted by atomic mass is 9.95. The largest absolute Gasteiger partial charge is 0.497 e. The van der Waals surface area contributed by atoms with Crippen LogP contribution in [-0.2, 0) is 0 Å². The predicted molar refractivity (Wildman–Crippen MR) is 71.9 cm³/mol. The minimum atomic E-state index is -0.712. The molecule has 2 unspecified atom stereocenters. The van der Waals surface area contributed by atoms with Crippen molar-refractivity contribution < 1.29 is 14.6 Å². The van der Waals surface area contributed by atoms with Gasteiger partial charge in [0.2, 0.25) is 0 Å². The number of aliphatic hydroxyl groups is 1. The number of methoxy groups -OCH3 is 2. The molecule has 0 heterocycles. The molecule has 18 heavy (non-hydrogen) atoms. The van der Waals surface area contributed by atoms with Gasteiger partial charge in [0.15, 0.2) is 0 Å². The Hall–Kier alpha value is -1.26. The average Bonchev–Trinajstić information content (AvgIpc) is 2.36. The van der Waals surface area contributed by atoms with Crippen molar-refractivity contribution in [2.24, 2.45) is 11.7 Å². The SMILES string of the molecule is COc1cc(OC)cc(C(O)C(N)CC(C)C)c1. The van der Waals surface area contributed by atoms with Gasteiger partial charge in [-0.3, -0.25) is 0 Å². The third-order valence-electron chi connectivity index (χ3n) is 2.86. The maximum Gasteiger partial charge on any atom is 0.122 e. The Morgan fingerprint density at radius 3 is 2.00 bits per heavy atom. The van der Waals surface area contributed by atoms with E-state index in [2.05, 4.69) is 13.8 Å². The molecule has 4 nitrogen and oxygen atoms in total. The Morgan fingerprint density at radius 1 is 1.11 bits per heavy atom. The molecule has 0 amide bonds. The van der Waals surface area contributed by atoms with E-state index < -0.39 is 6.10 Å². The van der Waals surface area contributed by atoms with Gasteiger partial charge in [-0.05, 0) is 30.0 Å². The zero-order valence-electron chi connectivity index (χ0n) is 11.5. The molecule has 1 aromatic carbocycles. The summed E-state index contributed by atoms with van der Waals surface area (Å²) in [5.41, 5.74) is 6.72. The maximum atomic E-state index is 10.2. The van der Waals surface area contributed by atoms with Gasteiger partial charge in [0.25, 0.3) is 0 Å². The zero-order valence-corrected chi connectivity index (χ0v) is 11.5. The van der Waals surface area contributed by atoms with Crippen LogP contribution in [0.3, 0.4) is 0 Å². The van der Waals surface area contributed by atoms with Gasteiger partial charge >= 0.3 is 0 Å². The summed E-state index contributed by atoms with van der Waals surface area (Å²) in [6.45, 7) is 4.16. The van der Waals surface area contributed by atoms with Crippen LogP contribution >= 0.6 is 0 Å². The smallest absolute Gasteiger partial charge is 0.122 e. The fourth-order valence-corrected chi connectivity index (χ4v) is 1.92. The van der Waals surface area contributed by atoms with Crippen LogP contribution in [0.1, 0.15) is 31.9 Å². The molecule has 0 saturated carbocycles. The fraction of sp³-hybridized carbons (Fsp3) is 0.571. The highest BCUT2D eigenvalue weighted by molar-refractivity contribution is 5.39. The molecule has 1 aromatic rings. The predicted octanol–water partition coefficient (Wildman–Crippen LogP) is 2.11. The number of benzene rings is 1. The van der Waals surface area contributed by atoms with E-state index in [1.807, 2.05) is 0 Å². The van der Waals surface area contributed by atoms with Gasteiger partial charge in [0.1, 0.15) is 11.5 Å². The van der Waals surface area contributed by atoms with Gasteiger partial charge < -0.3 is 20.3 Å². The lowest BCUT2D eigenvalue weighted by Crippen LogP contribution is -2.29. The second kappa shape index (κ2) is 6.61. The molecular formula is C14H23NO3. The van der Waals surface area contributed by atoms with Crippen LogP contribution in [-0.4, -0.2) is 25.4 Å². The Bertz CT molecular complexity index is 357.